The van der Waals surface area contributed by atoms with Crippen LogP contribution in [0.2, 0.25) is 5.02 Å². The maximum atomic E-state index is 12.1. The number of hydrogen-bond donors (Lipinski definition) is 1. The molecule has 36 heavy (non-hydrogen) atoms. The van der Waals surface area contributed by atoms with Gasteiger partial charge in [-0.25, -0.2) is 9.48 Å². The molecule has 0 amide bonds. The van der Waals surface area contributed by atoms with Crippen molar-refractivity contribution in [3.8, 4) is 22.7 Å². The summed E-state index contributed by atoms with van der Waals surface area (Å²) in [4.78, 5) is 12.1. The van der Waals surface area contributed by atoms with Crippen molar-refractivity contribution in [2.75, 3.05) is 6.61 Å². The van der Waals surface area contributed by atoms with Crippen molar-refractivity contribution in [2.24, 2.45) is 0 Å². The van der Waals surface area contributed by atoms with Crippen LogP contribution in [0.1, 0.15) is 18.2 Å². The lowest BCUT2D eigenvalue weighted by molar-refractivity contribution is -0.130. The largest absolute Gasteiger partial charge is 0.494 e. The Balaban J connectivity index is 1.66. The molecule has 0 fully saturated rings. The summed E-state index contributed by atoms with van der Waals surface area (Å²) in [6.07, 6.45) is 1.57. The van der Waals surface area contributed by atoms with Crippen molar-refractivity contribution >= 4 is 40.0 Å². The molecule has 1 N–H and O–H groups in total. The van der Waals surface area contributed by atoms with Gasteiger partial charge >= 0.3 is 5.97 Å². The lowest BCUT2D eigenvalue weighted by Gasteiger charge is -2.10. The van der Waals surface area contributed by atoms with Crippen molar-refractivity contribution in [3.63, 3.8) is 0 Å². The quantitative estimate of drug-likeness (QED) is 0.240. The fourth-order valence-electron chi connectivity index (χ4n) is 4.14. The first-order chi connectivity index (χ1) is 17.5. The van der Waals surface area contributed by atoms with Crippen molar-refractivity contribution in [1.29, 1.82) is 0 Å². The van der Waals surface area contributed by atoms with Crippen molar-refractivity contribution in [1.82, 2.24) is 9.78 Å². The molecule has 0 saturated carbocycles. The van der Waals surface area contributed by atoms with E-state index >= 15 is 0 Å². The van der Waals surface area contributed by atoms with Crippen LogP contribution in [0.5, 0.6) is 5.75 Å². The number of aliphatic carboxylic acids is 1. The van der Waals surface area contributed by atoms with E-state index in [-0.39, 0.29) is 5.57 Å². The molecule has 0 unspecified atom stereocenters. The van der Waals surface area contributed by atoms with E-state index in [1.54, 1.807) is 30.3 Å². The summed E-state index contributed by atoms with van der Waals surface area (Å²) in [6.45, 7) is 2.53. The summed E-state index contributed by atoms with van der Waals surface area (Å²) < 4.78 is 7.41. The number of carboxylic acid groups (broad SMARTS) is 1. The maximum Gasteiger partial charge on any atom is 0.336 e. The van der Waals surface area contributed by atoms with Gasteiger partial charge in [-0.3, -0.25) is 0 Å². The molecular formula is C30H23ClN2O3. The van der Waals surface area contributed by atoms with Crippen LogP contribution in [0.4, 0.5) is 0 Å². The van der Waals surface area contributed by atoms with Crippen LogP contribution >= 0.6 is 11.6 Å². The molecule has 0 saturated heterocycles. The van der Waals surface area contributed by atoms with Crippen LogP contribution in [0.15, 0.2) is 97.1 Å². The van der Waals surface area contributed by atoms with Gasteiger partial charge < -0.3 is 9.84 Å². The van der Waals surface area contributed by atoms with Gasteiger partial charge in [0.05, 0.1) is 29.3 Å². The van der Waals surface area contributed by atoms with Crippen molar-refractivity contribution in [2.45, 2.75) is 6.92 Å². The second-order valence-electron chi connectivity index (χ2n) is 8.23. The Morgan fingerprint density at radius 2 is 1.72 bits per heavy atom. The van der Waals surface area contributed by atoms with Gasteiger partial charge in [0, 0.05) is 10.6 Å². The van der Waals surface area contributed by atoms with Crippen LogP contribution in [0.25, 0.3) is 39.4 Å². The number of carboxylic acids is 1. The Morgan fingerprint density at radius 3 is 2.44 bits per heavy atom. The van der Waals surface area contributed by atoms with E-state index in [2.05, 4.69) is 24.3 Å². The molecule has 1 heterocycles. The monoisotopic (exact) mass is 494 g/mol. The van der Waals surface area contributed by atoms with E-state index in [4.69, 9.17) is 21.4 Å². The molecule has 0 bridgehead atoms. The minimum Gasteiger partial charge on any atom is -0.494 e. The third-order valence-corrected chi connectivity index (χ3v) is 6.06. The molecule has 6 heteroatoms. The predicted octanol–water partition coefficient (Wildman–Crippen LogP) is 7.37. The number of hydrogen-bond acceptors (Lipinski definition) is 3. The van der Waals surface area contributed by atoms with E-state index in [9.17, 15) is 9.90 Å². The van der Waals surface area contributed by atoms with Gasteiger partial charge in [-0.15, -0.1) is 0 Å². The second-order valence-corrected chi connectivity index (χ2v) is 8.67. The first-order valence-corrected chi connectivity index (χ1v) is 11.9. The van der Waals surface area contributed by atoms with Crippen LogP contribution < -0.4 is 4.74 Å². The summed E-state index contributed by atoms with van der Waals surface area (Å²) in [5.41, 5.74) is 3.78. The highest BCUT2D eigenvalue weighted by molar-refractivity contribution is 6.31. The first kappa shape index (κ1) is 23.4. The molecule has 1 aromatic heterocycles. The van der Waals surface area contributed by atoms with Gasteiger partial charge in [-0.2, -0.15) is 5.10 Å². The van der Waals surface area contributed by atoms with E-state index < -0.39 is 5.97 Å². The predicted molar refractivity (Wildman–Crippen MR) is 145 cm³/mol. The number of rotatable bonds is 7. The molecule has 5 rings (SSSR count). The first-order valence-electron chi connectivity index (χ1n) is 11.6. The number of ether oxygens (including phenoxy) is 1. The van der Waals surface area contributed by atoms with E-state index in [1.165, 1.54) is 0 Å². The van der Waals surface area contributed by atoms with Gasteiger partial charge in [-0.05, 0) is 77.9 Å². The molecule has 0 aliphatic carbocycles. The van der Waals surface area contributed by atoms with Crippen molar-refractivity contribution < 1.29 is 14.6 Å². The molecule has 0 spiro atoms. The Hall–Kier alpha value is -4.35. The zero-order valence-electron chi connectivity index (χ0n) is 19.6. The van der Waals surface area contributed by atoms with E-state index in [1.807, 2.05) is 60.1 Å². The van der Waals surface area contributed by atoms with Crippen LogP contribution in [0, 0.1) is 0 Å². The zero-order valence-corrected chi connectivity index (χ0v) is 20.3. The molecule has 4 aromatic carbocycles. The number of benzene rings is 4. The highest BCUT2D eigenvalue weighted by Crippen LogP contribution is 2.30. The second kappa shape index (κ2) is 10.1. The van der Waals surface area contributed by atoms with Gasteiger partial charge in [0.15, 0.2) is 0 Å². The fraction of sp³-hybridized carbons (Fsp3) is 0.0667. The number of nitrogens with zero attached hydrogens (tertiary/aromatic N) is 2. The lowest BCUT2D eigenvalue weighted by atomic mass is 10.0. The highest BCUT2D eigenvalue weighted by atomic mass is 35.5. The smallest absolute Gasteiger partial charge is 0.336 e. The van der Waals surface area contributed by atoms with Gasteiger partial charge in [0.1, 0.15) is 5.75 Å². The zero-order chi connectivity index (χ0) is 25.1. The Morgan fingerprint density at radius 1 is 0.944 bits per heavy atom. The average Bonchev–Trinajstić information content (AvgIpc) is 3.31. The van der Waals surface area contributed by atoms with Crippen LogP contribution in [-0.4, -0.2) is 27.5 Å². The summed E-state index contributed by atoms with van der Waals surface area (Å²) in [6, 6.07) is 30.8. The van der Waals surface area contributed by atoms with Crippen LogP contribution in [0.3, 0.4) is 0 Å². The Bertz CT molecular complexity index is 1590. The van der Waals surface area contributed by atoms with E-state index in [0.29, 0.717) is 22.9 Å². The molecule has 178 valence electrons. The van der Waals surface area contributed by atoms with Crippen LogP contribution in [-0.2, 0) is 4.79 Å². The summed E-state index contributed by atoms with van der Waals surface area (Å²) in [5.74, 6) is -0.282. The van der Waals surface area contributed by atoms with E-state index in [0.717, 1.165) is 33.5 Å². The number of fused-ring (bicyclic) bond motifs is 1. The maximum absolute atomic E-state index is 12.1. The average molecular weight is 495 g/mol. The number of carbonyl (C=O) groups is 1. The van der Waals surface area contributed by atoms with Gasteiger partial charge in [-0.1, -0.05) is 60.1 Å². The molecule has 5 aromatic rings. The SMILES string of the molecule is CCOc1ccc(-n2nc(/C=C(\C(=O)O)c3cccc(Cl)c3)cc2-c2ccc3ccccc3c2)cc1. The normalized spacial score (nSPS) is 11.6. The standard InChI is InChI=1S/C30H23ClN2O3/c1-2-36-27-14-12-26(13-15-27)33-29(23-11-10-20-6-3-4-7-21(20)16-23)19-25(32-33)18-28(30(34)35)22-8-5-9-24(31)17-22/h3-19H,2H2,1H3,(H,34,35)/b28-18-. The summed E-state index contributed by atoms with van der Waals surface area (Å²) in [7, 11) is 0. The topological polar surface area (TPSA) is 64.4 Å². The summed E-state index contributed by atoms with van der Waals surface area (Å²) in [5, 5.41) is 17.4. The molecule has 0 radical (unpaired) electrons. The minimum absolute atomic E-state index is 0.110. The molecule has 0 atom stereocenters. The van der Waals surface area contributed by atoms with Gasteiger partial charge in [0.2, 0.25) is 0 Å². The minimum atomic E-state index is -1.06. The molecular weight excluding hydrogens is 472 g/mol. The molecule has 5 nitrogen and oxygen atoms in total. The highest BCUT2D eigenvalue weighted by Gasteiger charge is 2.16. The fourth-order valence-corrected chi connectivity index (χ4v) is 4.33. The van der Waals surface area contributed by atoms with Gasteiger partial charge in [0.25, 0.3) is 0 Å². The summed E-state index contributed by atoms with van der Waals surface area (Å²) >= 11 is 6.12. The molecule has 0 aliphatic rings. The Kier molecular flexibility index (Phi) is 6.56. The Labute approximate surface area is 213 Å². The molecule has 0 aliphatic heterocycles. The number of aromatic nitrogens is 2. The lowest BCUT2D eigenvalue weighted by Crippen LogP contribution is -2.01. The third kappa shape index (κ3) is 4.88. The number of halogens is 1. The third-order valence-electron chi connectivity index (χ3n) is 5.82. The van der Waals surface area contributed by atoms with Crippen molar-refractivity contribution in [3.05, 3.63) is 113 Å².